The summed E-state index contributed by atoms with van der Waals surface area (Å²) in [6.45, 7) is 0. The standard InChI is InChI=1S/C12H7BrN2S/c13-11-2-1-7-15-12(11)16-10-5-3-9(8-14)4-6-10/h1-7H. The maximum Gasteiger partial charge on any atom is 0.115 e. The number of nitriles is 1. The molecule has 0 N–H and O–H groups in total. The molecule has 0 aliphatic heterocycles. The average molecular weight is 291 g/mol. The number of halogens is 1. The first kappa shape index (κ1) is 11.2. The monoisotopic (exact) mass is 290 g/mol. The second kappa shape index (κ2) is 5.15. The Morgan fingerprint density at radius 1 is 1.19 bits per heavy atom. The van der Waals surface area contributed by atoms with Gasteiger partial charge in [-0.1, -0.05) is 11.8 Å². The number of hydrogen-bond acceptors (Lipinski definition) is 3. The van der Waals surface area contributed by atoms with E-state index in [1.165, 1.54) is 0 Å². The minimum Gasteiger partial charge on any atom is -0.248 e. The zero-order chi connectivity index (χ0) is 11.4. The minimum absolute atomic E-state index is 0.671. The highest BCUT2D eigenvalue weighted by Gasteiger charge is 2.02. The van der Waals surface area contributed by atoms with Crippen molar-refractivity contribution in [2.45, 2.75) is 9.92 Å². The lowest BCUT2D eigenvalue weighted by atomic mass is 10.2. The summed E-state index contributed by atoms with van der Waals surface area (Å²) in [6.07, 6.45) is 1.76. The third kappa shape index (κ3) is 2.63. The molecule has 0 aliphatic rings. The first-order valence-electron chi connectivity index (χ1n) is 4.58. The molecule has 1 aromatic carbocycles. The molecule has 0 radical (unpaired) electrons. The van der Waals surface area contributed by atoms with Gasteiger partial charge in [0.25, 0.3) is 0 Å². The van der Waals surface area contributed by atoms with Crippen LogP contribution in [0, 0.1) is 11.3 Å². The summed E-state index contributed by atoms with van der Waals surface area (Å²) in [7, 11) is 0. The topological polar surface area (TPSA) is 36.7 Å². The number of hydrogen-bond donors (Lipinski definition) is 0. The average Bonchev–Trinajstić information content (AvgIpc) is 2.33. The van der Waals surface area contributed by atoms with Gasteiger partial charge in [-0.2, -0.15) is 5.26 Å². The van der Waals surface area contributed by atoms with E-state index < -0.39 is 0 Å². The summed E-state index contributed by atoms with van der Waals surface area (Å²) in [5, 5.41) is 9.61. The molecule has 0 bridgehead atoms. The van der Waals surface area contributed by atoms with E-state index in [4.69, 9.17) is 5.26 Å². The van der Waals surface area contributed by atoms with Crippen molar-refractivity contribution in [1.29, 1.82) is 5.26 Å². The molecule has 16 heavy (non-hydrogen) atoms. The molecule has 0 saturated heterocycles. The second-order valence-electron chi connectivity index (χ2n) is 3.03. The number of benzene rings is 1. The fourth-order valence-electron chi connectivity index (χ4n) is 1.16. The van der Waals surface area contributed by atoms with Gasteiger partial charge >= 0.3 is 0 Å². The zero-order valence-corrected chi connectivity index (χ0v) is 10.6. The maximum absolute atomic E-state index is 8.69. The summed E-state index contributed by atoms with van der Waals surface area (Å²) in [4.78, 5) is 5.34. The number of nitrogens with zero attached hydrogens (tertiary/aromatic N) is 2. The van der Waals surface area contributed by atoms with Gasteiger partial charge in [0.1, 0.15) is 5.03 Å². The quantitative estimate of drug-likeness (QED) is 0.842. The smallest absolute Gasteiger partial charge is 0.115 e. The van der Waals surface area contributed by atoms with Crippen LogP contribution in [0.25, 0.3) is 0 Å². The van der Waals surface area contributed by atoms with E-state index in [1.807, 2.05) is 24.3 Å². The SMILES string of the molecule is N#Cc1ccc(Sc2ncccc2Br)cc1. The lowest BCUT2D eigenvalue weighted by Gasteiger charge is -2.02. The zero-order valence-electron chi connectivity index (χ0n) is 8.22. The van der Waals surface area contributed by atoms with Gasteiger partial charge in [-0.15, -0.1) is 0 Å². The van der Waals surface area contributed by atoms with Gasteiger partial charge in [-0.05, 0) is 52.3 Å². The first-order valence-corrected chi connectivity index (χ1v) is 6.19. The fourth-order valence-corrected chi connectivity index (χ4v) is 2.43. The molecule has 2 aromatic rings. The van der Waals surface area contributed by atoms with Gasteiger partial charge in [-0.3, -0.25) is 0 Å². The van der Waals surface area contributed by atoms with Crippen molar-refractivity contribution in [2.75, 3.05) is 0 Å². The lowest BCUT2D eigenvalue weighted by Crippen LogP contribution is -1.81. The van der Waals surface area contributed by atoms with Gasteiger partial charge in [0.05, 0.1) is 16.1 Å². The molecule has 0 fully saturated rings. The number of rotatable bonds is 2. The molecule has 0 unspecified atom stereocenters. The highest BCUT2D eigenvalue weighted by Crippen LogP contribution is 2.31. The molecule has 0 saturated carbocycles. The molecule has 0 aliphatic carbocycles. The summed E-state index contributed by atoms with van der Waals surface area (Å²) < 4.78 is 0.976. The van der Waals surface area contributed by atoms with Crippen LogP contribution in [0.5, 0.6) is 0 Å². The highest BCUT2D eigenvalue weighted by molar-refractivity contribution is 9.10. The molecule has 2 nitrogen and oxygen atoms in total. The Morgan fingerprint density at radius 2 is 1.94 bits per heavy atom. The third-order valence-corrected chi connectivity index (χ3v) is 3.85. The van der Waals surface area contributed by atoms with E-state index in [2.05, 4.69) is 27.0 Å². The van der Waals surface area contributed by atoms with Crippen LogP contribution in [0.3, 0.4) is 0 Å². The molecule has 2 rings (SSSR count). The Labute approximate surface area is 106 Å². The first-order chi connectivity index (χ1) is 7.79. The molecule has 0 spiro atoms. The molecule has 0 amide bonds. The molecule has 78 valence electrons. The number of pyridine rings is 1. The van der Waals surface area contributed by atoms with Crippen molar-refractivity contribution in [3.63, 3.8) is 0 Å². The Morgan fingerprint density at radius 3 is 2.56 bits per heavy atom. The normalized spacial score (nSPS) is 9.75. The van der Waals surface area contributed by atoms with Crippen LogP contribution in [0.15, 0.2) is 57.0 Å². The lowest BCUT2D eigenvalue weighted by molar-refractivity contribution is 1.11. The van der Waals surface area contributed by atoms with Gasteiger partial charge < -0.3 is 0 Å². The predicted octanol–water partition coefficient (Wildman–Crippen LogP) is 3.87. The van der Waals surface area contributed by atoms with E-state index >= 15 is 0 Å². The van der Waals surface area contributed by atoms with Crippen LogP contribution in [0.2, 0.25) is 0 Å². The maximum atomic E-state index is 8.69. The van der Waals surface area contributed by atoms with Crippen LogP contribution >= 0.6 is 27.7 Å². The molecule has 1 aromatic heterocycles. The Balaban J connectivity index is 2.22. The fraction of sp³-hybridized carbons (Fsp3) is 0. The predicted molar refractivity (Wildman–Crippen MR) is 67.2 cm³/mol. The Hall–Kier alpha value is -1.31. The van der Waals surface area contributed by atoms with Crippen molar-refractivity contribution in [3.05, 3.63) is 52.6 Å². The van der Waals surface area contributed by atoms with E-state index in [-0.39, 0.29) is 0 Å². The van der Waals surface area contributed by atoms with Crippen molar-refractivity contribution < 1.29 is 0 Å². The Kier molecular flexibility index (Phi) is 3.60. The van der Waals surface area contributed by atoms with Crippen LogP contribution in [0.4, 0.5) is 0 Å². The van der Waals surface area contributed by atoms with E-state index in [1.54, 1.807) is 30.1 Å². The van der Waals surface area contributed by atoms with Crippen LogP contribution in [-0.4, -0.2) is 4.98 Å². The third-order valence-electron chi connectivity index (χ3n) is 1.92. The van der Waals surface area contributed by atoms with Crippen molar-refractivity contribution in [1.82, 2.24) is 4.98 Å². The summed E-state index contributed by atoms with van der Waals surface area (Å²) in [6, 6.07) is 13.4. The van der Waals surface area contributed by atoms with Crippen molar-refractivity contribution in [3.8, 4) is 6.07 Å². The summed E-state index contributed by atoms with van der Waals surface area (Å²) >= 11 is 5.01. The van der Waals surface area contributed by atoms with Gasteiger partial charge in [0.15, 0.2) is 0 Å². The Bertz CT molecular complexity index is 531. The van der Waals surface area contributed by atoms with Crippen LogP contribution < -0.4 is 0 Å². The molecular formula is C12H7BrN2S. The minimum atomic E-state index is 0.671. The molecule has 1 heterocycles. The molecular weight excluding hydrogens is 284 g/mol. The number of aromatic nitrogens is 1. The van der Waals surface area contributed by atoms with Crippen LogP contribution in [0.1, 0.15) is 5.56 Å². The highest BCUT2D eigenvalue weighted by atomic mass is 79.9. The largest absolute Gasteiger partial charge is 0.248 e. The molecule has 0 atom stereocenters. The van der Waals surface area contributed by atoms with E-state index in [9.17, 15) is 0 Å². The molecule has 4 heteroatoms. The van der Waals surface area contributed by atoms with Crippen molar-refractivity contribution in [2.24, 2.45) is 0 Å². The van der Waals surface area contributed by atoms with Crippen LogP contribution in [-0.2, 0) is 0 Å². The van der Waals surface area contributed by atoms with Gasteiger partial charge in [0, 0.05) is 11.1 Å². The van der Waals surface area contributed by atoms with Gasteiger partial charge in [0.2, 0.25) is 0 Å². The second-order valence-corrected chi connectivity index (χ2v) is 4.95. The summed E-state index contributed by atoms with van der Waals surface area (Å²) in [5.41, 5.74) is 0.671. The van der Waals surface area contributed by atoms with Crippen molar-refractivity contribution >= 4 is 27.7 Å². The van der Waals surface area contributed by atoms with Gasteiger partial charge in [-0.25, -0.2) is 4.98 Å². The van der Waals surface area contributed by atoms with E-state index in [0.29, 0.717) is 5.56 Å². The summed E-state index contributed by atoms with van der Waals surface area (Å²) in [5.74, 6) is 0. The van der Waals surface area contributed by atoms with E-state index in [0.717, 1.165) is 14.4 Å².